The first-order valence-corrected chi connectivity index (χ1v) is 7.85. The van der Waals surface area contributed by atoms with Gasteiger partial charge in [-0.1, -0.05) is 0 Å². The van der Waals surface area contributed by atoms with E-state index < -0.39 is 5.91 Å². The van der Waals surface area contributed by atoms with Crippen LogP contribution in [0.3, 0.4) is 0 Å². The van der Waals surface area contributed by atoms with E-state index in [1.807, 2.05) is 19.9 Å². The summed E-state index contributed by atoms with van der Waals surface area (Å²) in [6.45, 7) is 4.36. The molecule has 0 saturated heterocycles. The normalized spacial score (nSPS) is 11.8. The molecular weight excluding hydrogens is 360 g/mol. The van der Waals surface area contributed by atoms with Gasteiger partial charge < -0.3 is 22.1 Å². The first-order chi connectivity index (χ1) is 10.9. The minimum Gasteiger partial charge on any atom is -0.382 e. The largest absolute Gasteiger partial charge is 0.382 e. The lowest BCUT2D eigenvalue weighted by Gasteiger charge is -2.13. The number of aryl methyl sites for hydroxylation is 1. The van der Waals surface area contributed by atoms with Crippen molar-refractivity contribution in [2.75, 3.05) is 17.2 Å². The molecule has 2 aromatic rings. The van der Waals surface area contributed by atoms with Gasteiger partial charge in [-0.05, 0) is 48.0 Å². The van der Waals surface area contributed by atoms with Gasteiger partial charge in [0.1, 0.15) is 5.82 Å². The Morgan fingerprint density at radius 3 is 2.78 bits per heavy atom. The Hall–Kier alpha value is -2.19. The summed E-state index contributed by atoms with van der Waals surface area (Å²) in [5.74, 6) is -0.0144. The first-order valence-electron chi connectivity index (χ1n) is 7.06. The quantitative estimate of drug-likeness (QED) is 0.611. The number of hydrogen-bond acceptors (Lipinski definition) is 6. The molecule has 2 rings (SSSR count). The van der Waals surface area contributed by atoms with Gasteiger partial charge in [0.15, 0.2) is 5.69 Å². The van der Waals surface area contributed by atoms with Crippen LogP contribution in [0, 0.1) is 6.92 Å². The van der Waals surface area contributed by atoms with Crippen molar-refractivity contribution in [1.29, 1.82) is 0 Å². The maximum Gasteiger partial charge on any atom is 0.269 e. The maximum atomic E-state index is 11.6. The van der Waals surface area contributed by atoms with E-state index in [1.165, 1.54) is 0 Å². The topological polar surface area (TPSA) is 119 Å². The Kier molecular flexibility index (Phi) is 5.51. The van der Waals surface area contributed by atoms with Crippen molar-refractivity contribution < 1.29 is 4.79 Å². The third-order valence-corrected chi connectivity index (χ3v) is 3.87. The Bertz CT molecular complexity index is 719. The summed E-state index contributed by atoms with van der Waals surface area (Å²) in [6.07, 6.45) is 1.55. The maximum absolute atomic E-state index is 11.6. The minimum absolute atomic E-state index is 0.00184. The van der Waals surface area contributed by atoms with Gasteiger partial charge in [0.2, 0.25) is 0 Å². The van der Waals surface area contributed by atoms with Crippen LogP contribution in [-0.4, -0.2) is 28.5 Å². The average Bonchev–Trinajstić information content (AvgIpc) is 2.49. The van der Waals surface area contributed by atoms with Crippen LogP contribution in [0.2, 0.25) is 0 Å². The highest BCUT2D eigenvalue weighted by molar-refractivity contribution is 9.10. The van der Waals surface area contributed by atoms with Crippen molar-refractivity contribution >= 4 is 39.0 Å². The van der Waals surface area contributed by atoms with Crippen LogP contribution < -0.4 is 22.1 Å². The van der Waals surface area contributed by atoms with Crippen LogP contribution in [0.4, 0.5) is 17.2 Å². The van der Waals surface area contributed by atoms with Crippen LogP contribution in [-0.2, 0) is 0 Å². The number of anilines is 3. The predicted molar refractivity (Wildman–Crippen MR) is 94.9 cm³/mol. The summed E-state index contributed by atoms with van der Waals surface area (Å²) in [4.78, 5) is 20.1. The van der Waals surface area contributed by atoms with Gasteiger partial charge in [-0.25, -0.2) is 9.97 Å². The van der Waals surface area contributed by atoms with E-state index in [1.54, 1.807) is 18.3 Å². The molecule has 2 heterocycles. The van der Waals surface area contributed by atoms with E-state index in [4.69, 9.17) is 11.5 Å². The van der Waals surface area contributed by atoms with Gasteiger partial charge in [0.05, 0.1) is 23.3 Å². The smallest absolute Gasteiger partial charge is 0.269 e. The highest BCUT2D eigenvalue weighted by Gasteiger charge is 2.12. The number of halogens is 1. The summed E-state index contributed by atoms with van der Waals surface area (Å²) in [5, 5.41) is 6.23. The molecular formula is C15H19BrN6O. The van der Waals surface area contributed by atoms with Gasteiger partial charge in [-0.3, -0.25) is 4.79 Å². The highest BCUT2D eigenvalue weighted by atomic mass is 79.9. The minimum atomic E-state index is -0.611. The number of hydrogen-bond donors (Lipinski definition) is 4. The summed E-state index contributed by atoms with van der Waals surface area (Å²) in [5.41, 5.74) is 13.3. The number of nitrogens with one attached hydrogen (secondary N) is 2. The summed E-state index contributed by atoms with van der Waals surface area (Å²) >= 11 is 3.40. The Labute approximate surface area is 143 Å². The molecule has 6 N–H and O–H groups in total. The number of amides is 1. The zero-order chi connectivity index (χ0) is 17.0. The fraction of sp³-hybridized carbons (Fsp3) is 0.267. The SMILES string of the molecule is Cc1nc(Nc2cc(NC[C@H](C)N)cnc2C(N)=O)ccc1Br. The second-order valence-electron chi connectivity index (χ2n) is 5.23. The number of carbonyl (C=O) groups excluding carboxylic acids is 1. The molecule has 0 saturated carbocycles. The summed E-state index contributed by atoms with van der Waals surface area (Å²) in [6, 6.07) is 5.43. The molecule has 8 heteroatoms. The number of rotatable bonds is 6. The highest BCUT2D eigenvalue weighted by Crippen LogP contribution is 2.24. The van der Waals surface area contributed by atoms with Crippen molar-refractivity contribution in [3.8, 4) is 0 Å². The number of nitrogens with zero attached hydrogens (tertiary/aromatic N) is 2. The number of pyridine rings is 2. The molecule has 0 bridgehead atoms. The van der Waals surface area contributed by atoms with Crippen LogP contribution in [0.5, 0.6) is 0 Å². The number of primary amides is 1. The molecule has 0 fully saturated rings. The molecule has 0 unspecified atom stereocenters. The molecule has 0 aliphatic heterocycles. The lowest BCUT2D eigenvalue weighted by Crippen LogP contribution is -2.25. The van der Waals surface area contributed by atoms with Gasteiger partial charge in [0, 0.05) is 17.1 Å². The van der Waals surface area contributed by atoms with Crippen LogP contribution in [0.15, 0.2) is 28.9 Å². The van der Waals surface area contributed by atoms with E-state index in [2.05, 4.69) is 36.5 Å². The number of carbonyl (C=O) groups is 1. The van der Waals surface area contributed by atoms with E-state index in [-0.39, 0.29) is 11.7 Å². The predicted octanol–water partition coefficient (Wildman–Crippen LogP) is 2.15. The number of nitrogens with two attached hydrogens (primary N) is 2. The second-order valence-corrected chi connectivity index (χ2v) is 6.09. The van der Waals surface area contributed by atoms with Crippen molar-refractivity contribution in [2.24, 2.45) is 11.5 Å². The second kappa shape index (κ2) is 7.38. The summed E-state index contributed by atoms with van der Waals surface area (Å²) in [7, 11) is 0. The van der Waals surface area contributed by atoms with Gasteiger partial charge >= 0.3 is 0 Å². The van der Waals surface area contributed by atoms with E-state index in [9.17, 15) is 4.79 Å². The zero-order valence-electron chi connectivity index (χ0n) is 12.9. The van der Waals surface area contributed by atoms with Crippen molar-refractivity contribution in [3.63, 3.8) is 0 Å². The van der Waals surface area contributed by atoms with Gasteiger partial charge in [-0.2, -0.15) is 0 Å². The molecule has 1 amide bonds. The lowest BCUT2D eigenvalue weighted by molar-refractivity contribution is 0.0996. The van der Waals surface area contributed by atoms with Crippen molar-refractivity contribution in [3.05, 3.63) is 40.3 Å². The average molecular weight is 379 g/mol. The van der Waals surface area contributed by atoms with E-state index in [0.29, 0.717) is 18.1 Å². The molecule has 0 radical (unpaired) electrons. The van der Waals surface area contributed by atoms with Gasteiger partial charge in [0.25, 0.3) is 5.91 Å². The molecule has 0 aliphatic rings. The molecule has 122 valence electrons. The van der Waals surface area contributed by atoms with E-state index >= 15 is 0 Å². The Balaban J connectivity index is 2.31. The lowest BCUT2D eigenvalue weighted by atomic mass is 10.2. The fourth-order valence-corrected chi connectivity index (χ4v) is 2.10. The Morgan fingerprint density at radius 1 is 1.43 bits per heavy atom. The van der Waals surface area contributed by atoms with Crippen molar-refractivity contribution in [1.82, 2.24) is 9.97 Å². The van der Waals surface area contributed by atoms with Crippen LogP contribution in [0.1, 0.15) is 23.1 Å². The van der Waals surface area contributed by atoms with E-state index in [0.717, 1.165) is 15.9 Å². The molecule has 0 aromatic carbocycles. The van der Waals surface area contributed by atoms with Crippen LogP contribution in [0.25, 0.3) is 0 Å². The summed E-state index contributed by atoms with van der Waals surface area (Å²) < 4.78 is 0.906. The fourth-order valence-electron chi connectivity index (χ4n) is 1.88. The van der Waals surface area contributed by atoms with Crippen LogP contribution >= 0.6 is 15.9 Å². The first kappa shape index (κ1) is 17.2. The molecule has 2 aromatic heterocycles. The zero-order valence-corrected chi connectivity index (χ0v) is 14.5. The third kappa shape index (κ3) is 4.64. The molecule has 0 spiro atoms. The third-order valence-electron chi connectivity index (χ3n) is 3.03. The monoisotopic (exact) mass is 378 g/mol. The molecule has 0 aliphatic carbocycles. The van der Waals surface area contributed by atoms with Crippen molar-refractivity contribution in [2.45, 2.75) is 19.9 Å². The molecule has 1 atom stereocenters. The standard InChI is InChI=1S/C15H19BrN6O/c1-8(17)6-19-10-5-12(14(15(18)23)20-7-10)22-13-4-3-11(16)9(2)21-13/h3-5,7-8,19H,6,17H2,1-2H3,(H2,18,23)(H,21,22)/t8-/m0/s1. The Morgan fingerprint density at radius 2 is 2.17 bits per heavy atom. The number of aromatic nitrogens is 2. The molecule has 23 heavy (non-hydrogen) atoms. The van der Waals surface area contributed by atoms with Gasteiger partial charge in [-0.15, -0.1) is 0 Å². The molecule has 7 nitrogen and oxygen atoms in total.